The van der Waals surface area contributed by atoms with E-state index in [1.54, 1.807) is 39.1 Å². The van der Waals surface area contributed by atoms with Crippen molar-refractivity contribution in [2.75, 3.05) is 44.3 Å². The first-order valence-corrected chi connectivity index (χ1v) is 9.98. The molecule has 26 heavy (non-hydrogen) atoms. The molecule has 0 atom stereocenters. The SMILES string of the molecule is CN=C(NCCNc1ccccc1[N+](=O)[O-])N1CCS(=O)(=O)C(C)(C)C1. The summed E-state index contributed by atoms with van der Waals surface area (Å²) in [5.41, 5.74) is 0.486. The molecule has 1 aromatic rings. The van der Waals surface area contributed by atoms with Gasteiger partial charge in [0.1, 0.15) is 5.69 Å². The van der Waals surface area contributed by atoms with Gasteiger partial charge in [0, 0.05) is 39.3 Å². The summed E-state index contributed by atoms with van der Waals surface area (Å²) >= 11 is 0. The minimum Gasteiger partial charge on any atom is -0.378 e. The van der Waals surface area contributed by atoms with Crippen LogP contribution in [-0.2, 0) is 9.84 Å². The topological polar surface area (TPSA) is 117 Å². The molecular formula is C16H25N5O4S. The first kappa shape index (κ1) is 20.0. The van der Waals surface area contributed by atoms with E-state index in [4.69, 9.17) is 0 Å². The Labute approximate surface area is 153 Å². The zero-order valence-electron chi connectivity index (χ0n) is 15.2. The highest BCUT2D eigenvalue weighted by Crippen LogP contribution is 2.24. The molecule has 1 aliphatic rings. The van der Waals surface area contributed by atoms with Crippen LogP contribution in [0.3, 0.4) is 0 Å². The predicted molar refractivity (Wildman–Crippen MR) is 102 cm³/mol. The van der Waals surface area contributed by atoms with Crippen molar-refractivity contribution in [2.24, 2.45) is 4.99 Å². The van der Waals surface area contributed by atoms with Gasteiger partial charge in [0.15, 0.2) is 15.8 Å². The Morgan fingerprint density at radius 1 is 1.35 bits per heavy atom. The lowest BCUT2D eigenvalue weighted by Crippen LogP contribution is -2.57. The van der Waals surface area contributed by atoms with Gasteiger partial charge >= 0.3 is 0 Å². The number of rotatable bonds is 5. The van der Waals surface area contributed by atoms with E-state index < -0.39 is 19.5 Å². The Bertz CT molecular complexity index is 792. The molecule has 2 N–H and O–H groups in total. The van der Waals surface area contributed by atoms with Gasteiger partial charge in [0.2, 0.25) is 0 Å². The van der Waals surface area contributed by atoms with Crippen LogP contribution in [0.15, 0.2) is 29.3 Å². The number of aliphatic imine (C=N–C) groups is 1. The molecule has 1 saturated heterocycles. The first-order valence-electron chi connectivity index (χ1n) is 8.33. The quantitative estimate of drug-likeness (QED) is 0.257. The highest BCUT2D eigenvalue weighted by atomic mass is 32.2. The van der Waals surface area contributed by atoms with Gasteiger partial charge in [-0.05, 0) is 19.9 Å². The zero-order chi connectivity index (χ0) is 19.4. The molecular weight excluding hydrogens is 358 g/mol. The third kappa shape index (κ3) is 4.43. The number of guanidine groups is 1. The van der Waals surface area contributed by atoms with Gasteiger partial charge in [-0.15, -0.1) is 0 Å². The Hall–Kier alpha value is -2.36. The number of nitro groups is 1. The fourth-order valence-electron chi connectivity index (χ4n) is 2.81. The van der Waals surface area contributed by atoms with E-state index in [-0.39, 0.29) is 11.4 Å². The number of nitrogens with one attached hydrogen (secondary N) is 2. The molecule has 2 rings (SSSR count). The summed E-state index contributed by atoms with van der Waals surface area (Å²) in [6, 6.07) is 6.46. The number of nitrogens with zero attached hydrogens (tertiary/aromatic N) is 3. The van der Waals surface area contributed by atoms with Crippen molar-refractivity contribution < 1.29 is 13.3 Å². The van der Waals surface area contributed by atoms with Gasteiger partial charge in [-0.2, -0.15) is 0 Å². The summed E-state index contributed by atoms with van der Waals surface area (Å²) < 4.78 is 23.4. The maximum Gasteiger partial charge on any atom is 0.292 e. The van der Waals surface area contributed by atoms with Crippen LogP contribution in [0.25, 0.3) is 0 Å². The van der Waals surface area contributed by atoms with Crippen molar-refractivity contribution in [1.82, 2.24) is 10.2 Å². The fourth-order valence-corrected chi connectivity index (χ4v) is 4.18. The number of benzene rings is 1. The van der Waals surface area contributed by atoms with Crippen LogP contribution in [0.4, 0.5) is 11.4 Å². The van der Waals surface area contributed by atoms with Crippen LogP contribution in [0, 0.1) is 10.1 Å². The Morgan fingerprint density at radius 2 is 2.04 bits per heavy atom. The van der Waals surface area contributed by atoms with Crippen LogP contribution in [0.2, 0.25) is 0 Å². The molecule has 1 heterocycles. The molecule has 144 valence electrons. The van der Waals surface area contributed by atoms with Gasteiger partial charge in [0.25, 0.3) is 5.69 Å². The maximum absolute atomic E-state index is 12.1. The molecule has 10 heteroatoms. The van der Waals surface area contributed by atoms with Crippen molar-refractivity contribution in [3.8, 4) is 0 Å². The van der Waals surface area contributed by atoms with Crippen LogP contribution in [0.5, 0.6) is 0 Å². The van der Waals surface area contributed by atoms with Crippen LogP contribution < -0.4 is 10.6 Å². The zero-order valence-corrected chi connectivity index (χ0v) is 16.0. The molecule has 0 aliphatic carbocycles. The lowest BCUT2D eigenvalue weighted by Gasteiger charge is -2.39. The Morgan fingerprint density at radius 3 is 2.65 bits per heavy atom. The molecule has 0 spiro atoms. The second kappa shape index (κ2) is 7.90. The highest BCUT2D eigenvalue weighted by molar-refractivity contribution is 7.92. The van der Waals surface area contributed by atoms with Crippen molar-refractivity contribution in [3.05, 3.63) is 34.4 Å². The van der Waals surface area contributed by atoms with Crippen molar-refractivity contribution in [2.45, 2.75) is 18.6 Å². The average Bonchev–Trinajstić information content (AvgIpc) is 2.58. The third-order valence-corrected chi connectivity index (χ3v) is 6.91. The Balaban J connectivity index is 1.90. The fraction of sp³-hybridized carbons (Fsp3) is 0.562. The average molecular weight is 383 g/mol. The number of hydrogen-bond acceptors (Lipinski definition) is 6. The normalized spacial score (nSPS) is 19.0. The van der Waals surface area contributed by atoms with Crippen LogP contribution in [0.1, 0.15) is 13.8 Å². The number of hydrogen-bond donors (Lipinski definition) is 2. The highest BCUT2D eigenvalue weighted by Gasteiger charge is 2.40. The summed E-state index contributed by atoms with van der Waals surface area (Å²) in [5.74, 6) is 0.715. The molecule has 1 aromatic carbocycles. The number of para-hydroxylation sites is 2. The molecule has 9 nitrogen and oxygen atoms in total. The van der Waals surface area contributed by atoms with Crippen molar-refractivity contribution >= 4 is 27.2 Å². The summed E-state index contributed by atoms with van der Waals surface area (Å²) in [6.45, 7) is 5.15. The van der Waals surface area contributed by atoms with Gasteiger partial charge in [-0.25, -0.2) is 8.42 Å². The van der Waals surface area contributed by atoms with Gasteiger partial charge in [-0.1, -0.05) is 12.1 Å². The van der Waals surface area contributed by atoms with Gasteiger partial charge in [-0.3, -0.25) is 15.1 Å². The minimum atomic E-state index is -3.11. The summed E-state index contributed by atoms with van der Waals surface area (Å²) in [4.78, 5) is 16.7. The molecule has 1 fully saturated rings. The van der Waals surface area contributed by atoms with E-state index in [1.165, 1.54) is 6.07 Å². The molecule has 0 unspecified atom stereocenters. The minimum absolute atomic E-state index is 0.0277. The van der Waals surface area contributed by atoms with Crippen LogP contribution in [-0.4, -0.2) is 67.9 Å². The first-order chi connectivity index (χ1) is 12.2. The molecule has 0 aromatic heterocycles. The monoisotopic (exact) mass is 383 g/mol. The summed E-state index contributed by atoms with van der Waals surface area (Å²) in [6.07, 6.45) is 0. The van der Waals surface area contributed by atoms with E-state index in [9.17, 15) is 18.5 Å². The van der Waals surface area contributed by atoms with Crippen molar-refractivity contribution in [3.63, 3.8) is 0 Å². The van der Waals surface area contributed by atoms with Gasteiger partial charge in [0.05, 0.1) is 15.4 Å². The van der Waals surface area contributed by atoms with E-state index in [0.717, 1.165) is 0 Å². The largest absolute Gasteiger partial charge is 0.378 e. The smallest absolute Gasteiger partial charge is 0.292 e. The van der Waals surface area contributed by atoms with Gasteiger partial charge < -0.3 is 15.5 Å². The summed E-state index contributed by atoms with van der Waals surface area (Å²) in [7, 11) is -1.46. The van der Waals surface area contributed by atoms with Crippen molar-refractivity contribution in [1.29, 1.82) is 0 Å². The molecule has 0 saturated carbocycles. The van der Waals surface area contributed by atoms with E-state index in [2.05, 4.69) is 15.6 Å². The lowest BCUT2D eigenvalue weighted by molar-refractivity contribution is -0.384. The van der Waals surface area contributed by atoms with E-state index >= 15 is 0 Å². The molecule has 0 amide bonds. The number of sulfone groups is 1. The molecule has 0 bridgehead atoms. The number of nitro benzene ring substituents is 1. The Kier molecular flexibility index (Phi) is 6.06. The number of anilines is 1. The molecule has 1 aliphatic heterocycles. The molecule has 0 radical (unpaired) electrons. The van der Waals surface area contributed by atoms with E-state index in [1.807, 2.05) is 4.90 Å². The summed E-state index contributed by atoms with van der Waals surface area (Å²) in [5, 5.41) is 17.2. The predicted octanol–water partition coefficient (Wildman–Crippen LogP) is 1.09. The third-order valence-electron chi connectivity index (χ3n) is 4.38. The van der Waals surface area contributed by atoms with E-state index in [0.29, 0.717) is 37.8 Å². The van der Waals surface area contributed by atoms with Crippen LogP contribution >= 0.6 is 0 Å². The second-order valence-electron chi connectivity index (χ2n) is 6.68. The lowest BCUT2D eigenvalue weighted by atomic mass is 10.2. The second-order valence-corrected chi connectivity index (χ2v) is 9.42. The maximum atomic E-state index is 12.1. The standard InChI is InChI=1S/C16H25N5O4S/c1-16(2)12-20(10-11-26(16,24)25)15(17-3)19-9-8-18-13-6-4-5-7-14(13)21(22)23/h4-7,18H,8-12H2,1-3H3,(H,17,19).